The molecule has 0 aliphatic heterocycles. The maximum atomic E-state index is 4.17. The molecule has 0 radical (unpaired) electrons. The van der Waals surface area contributed by atoms with Gasteiger partial charge in [-0.15, -0.1) is 5.10 Å². The zero-order chi connectivity index (χ0) is 11.0. The molecule has 0 fully saturated rings. The minimum Gasteiger partial charge on any atom is -0.243 e. The number of hydrogen-bond acceptors (Lipinski definition) is 4. The van der Waals surface area contributed by atoms with Crippen molar-refractivity contribution in [2.45, 2.75) is 0 Å². The van der Waals surface area contributed by atoms with Crippen LogP contribution in [0.5, 0.6) is 0 Å². The van der Waals surface area contributed by atoms with Crippen LogP contribution in [0, 0.1) is 0 Å². The average molecular weight is 276 g/mol. The second kappa shape index (κ2) is 3.64. The predicted octanol–water partition coefficient (Wildman–Crippen LogP) is 1.97. The molecule has 1 aromatic carbocycles. The van der Waals surface area contributed by atoms with Gasteiger partial charge in [0.1, 0.15) is 11.8 Å². The van der Waals surface area contributed by atoms with Gasteiger partial charge in [0, 0.05) is 6.20 Å². The van der Waals surface area contributed by atoms with Gasteiger partial charge in [-0.05, 0) is 28.1 Å². The predicted molar refractivity (Wildman–Crippen MR) is 62.2 cm³/mol. The van der Waals surface area contributed by atoms with Crippen molar-refractivity contribution in [1.82, 2.24) is 25.0 Å². The zero-order valence-corrected chi connectivity index (χ0v) is 9.66. The third kappa shape index (κ3) is 1.38. The van der Waals surface area contributed by atoms with E-state index in [9.17, 15) is 0 Å². The number of benzene rings is 1. The van der Waals surface area contributed by atoms with Crippen LogP contribution in [0.15, 0.2) is 41.3 Å². The van der Waals surface area contributed by atoms with Gasteiger partial charge >= 0.3 is 0 Å². The molecule has 3 rings (SSSR count). The molecule has 0 unspecified atom stereocenters. The molecule has 0 amide bonds. The van der Waals surface area contributed by atoms with Gasteiger partial charge in [0.2, 0.25) is 0 Å². The highest BCUT2D eigenvalue weighted by Crippen LogP contribution is 2.20. The summed E-state index contributed by atoms with van der Waals surface area (Å²) in [7, 11) is 0. The van der Waals surface area contributed by atoms with Crippen LogP contribution in [-0.4, -0.2) is 25.0 Å². The van der Waals surface area contributed by atoms with Crippen LogP contribution in [0.1, 0.15) is 0 Å². The molecule has 78 valence electrons. The van der Waals surface area contributed by atoms with Crippen LogP contribution in [0.4, 0.5) is 0 Å². The van der Waals surface area contributed by atoms with E-state index in [1.165, 1.54) is 6.33 Å². The van der Waals surface area contributed by atoms with E-state index >= 15 is 0 Å². The van der Waals surface area contributed by atoms with Gasteiger partial charge in [-0.2, -0.15) is 4.68 Å². The maximum absolute atomic E-state index is 4.17. The van der Waals surface area contributed by atoms with Crippen LogP contribution in [0.3, 0.4) is 0 Å². The fraction of sp³-hybridized carbons (Fsp3) is 0. The molecule has 3 aromatic rings. The Labute approximate surface area is 99.3 Å². The Hall–Kier alpha value is -1.82. The highest BCUT2D eigenvalue weighted by molar-refractivity contribution is 9.10. The molecule has 2 aromatic heterocycles. The molecule has 5 nitrogen and oxygen atoms in total. The summed E-state index contributed by atoms with van der Waals surface area (Å²) in [5, 5.41) is 8.14. The summed E-state index contributed by atoms with van der Waals surface area (Å²) < 4.78 is 2.46. The minimum absolute atomic E-state index is 0.684. The lowest BCUT2D eigenvalue weighted by Crippen LogP contribution is -2.01. The first-order chi connectivity index (χ1) is 7.86. The highest BCUT2D eigenvalue weighted by Gasteiger charge is 2.09. The third-order valence-corrected chi connectivity index (χ3v) is 2.76. The number of aromatic nitrogens is 5. The number of nitrogens with zero attached hydrogens (tertiary/aromatic N) is 5. The summed E-state index contributed by atoms with van der Waals surface area (Å²) in [6.45, 7) is 0. The van der Waals surface area contributed by atoms with Gasteiger partial charge in [-0.25, -0.2) is 9.97 Å². The van der Waals surface area contributed by atoms with E-state index in [0.717, 1.165) is 15.5 Å². The summed E-state index contributed by atoms with van der Waals surface area (Å²) in [4.78, 5) is 8.09. The smallest absolute Gasteiger partial charge is 0.173 e. The number of fused-ring (bicyclic) bond motifs is 1. The normalized spacial score (nSPS) is 10.8. The van der Waals surface area contributed by atoms with Crippen molar-refractivity contribution < 1.29 is 0 Å². The molecular weight excluding hydrogens is 270 g/mol. The Morgan fingerprint density at radius 1 is 1.19 bits per heavy atom. The van der Waals surface area contributed by atoms with E-state index in [0.29, 0.717) is 5.82 Å². The van der Waals surface area contributed by atoms with Crippen LogP contribution in [-0.2, 0) is 0 Å². The second-order valence-electron chi connectivity index (χ2n) is 3.18. The molecular formula is C10H6BrN5. The maximum Gasteiger partial charge on any atom is 0.173 e. The summed E-state index contributed by atoms with van der Waals surface area (Å²) in [5.74, 6) is 0.684. The lowest BCUT2D eigenvalue weighted by atomic mass is 10.3. The quantitative estimate of drug-likeness (QED) is 0.682. The molecule has 6 heteroatoms. The zero-order valence-electron chi connectivity index (χ0n) is 8.08. The van der Waals surface area contributed by atoms with Crippen molar-refractivity contribution in [3.8, 4) is 5.82 Å². The van der Waals surface area contributed by atoms with Gasteiger partial charge in [0.25, 0.3) is 0 Å². The molecule has 16 heavy (non-hydrogen) atoms. The monoisotopic (exact) mass is 275 g/mol. The van der Waals surface area contributed by atoms with Crippen LogP contribution in [0.25, 0.3) is 16.9 Å². The summed E-state index contributed by atoms with van der Waals surface area (Å²) in [6, 6.07) is 7.73. The standard InChI is InChI=1S/C10H6BrN5/c11-7-5-12-6-13-10(7)16-9-4-2-1-3-8(9)14-15-16/h1-6H. The fourth-order valence-corrected chi connectivity index (χ4v) is 1.88. The van der Waals surface area contributed by atoms with Crippen LogP contribution >= 0.6 is 15.9 Å². The Bertz CT molecular complexity index is 648. The molecule has 0 aliphatic rings. The molecule has 0 bridgehead atoms. The number of para-hydroxylation sites is 1. The van der Waals surface area contributed by atoms with Gasteiger partial charge < -0.3 is 0 Å². The molecule has 0 spiro atoms. The summed E-state index contributed by atoms with van der Waals surface area (Å²) in [6.07, 6.45) is 3.16. The number of rotatable bonds is 1. The fourth-order valence-electron chi connectivity index (χ4n) is 1.49. The minimum atomic E-state index is 0.684. The van der Waals surface area contributed by atoms with Crippen LogP contribution < -0.4 is 0 Å². The van der Waals surface area contributed by atoms with Crippen molar-refractivity contribution in [2.75, 3.05) is 0 Å². The van der Waals surface area contributed by atoms with E-state index in [2.05, 4.69) is 36.2 Å². The average Bonchev–Trinajstić information content (AvgIpc) is 2.74. The first-order valence-electron chi connectivity index (χ1n) is 4.62. The Balaban J connectivity index is 2.31. The first-order valence-corrected chi connectivity index (χ1v) is 5.42. The van der Waals surface area contributed by atoms with Gasteiger partial charge in [0.05, 0.1) is 9.99 Å². The Morgan fingerprint density at radius 3 is 2.94 bits per heavy atom. The van der Waals surface area contributed by atoms with Crippen molar-refractivity contribution in [1.29, 1.82) is 0 Å². The largest absolute Gasteiger partial charge is 0.243 e. The van der Waals surface area contributed by atoms with E-state index in [4.69, 9.17) is 0 Å². The first kappa shape index (κ1) is 9.41. The van der Waals surface area contributed by atoms with E-state index in [1.807, 2.05) is 24.3 Å². The van der Waals surface area contributed by atoms with Crippen LogP contribution in [0.2, 0.25) is 0 Å². The lowest BCUT2D eigenvalue weighted by molar-refractivity contribution is 0.792. The van der Waals surface area contributed by atoms with Gasteiger partial charge in [-0.1, -0.05) is 17.3 Å². The lowest BCUT2D eigenvalue weighted by Gasteiger charge is -2.01. The molecule has 0 atom stereocenters. The van der Waals surface area contributed by atoms with Crippen molar-refractivity contribution in [2.24, 2.45) is 0 Å². The molecule has 2 heterocycles. The number of halogens is 1. The highest BCUT2D eigenvalue weighted by atomic mass is 79.9. The van der Waals surface area contributed by atoms with E-state index in [-0.39, 0.29) is 0 Å². The molecule has 0 saturated heterocycles. The third-order valence-electron chi connectivity index (χ3n) is 2.20. The van der Waals surface area contributed by atoms with Crippen molar-refractivity contribution in [3.63, 3.8) is 0 Å². The van der Waals surface area contributed by atoms with Gasteiger partial charge in [-0.3, -0.25) is 0 Å². The SMILES string of the molecule is Brc1cncnc1-n1nnc2ccccc21. The topological polar surface area (TPSA) is 56.5 Å². The summed E-state index contributed by atoms with van der Waals surface area (Å²) >= 11 is 3.39. The molecule has 0 saturated carbocycles. The molecule has 0 aliphatic carbocycles. The number of hydrogen-bond donors (Lipinski definition) is 0. The van der Waals surface area contributed by atoms with Crippen molar-refractivity contribution in [3.05, 3.63) is 41.3 Å². The Kier molecular flexibility index (Phi) is 2.14. The summed E-state index contributed by atoms with van der Waals surface area (Å²) in [5.41, 5.74) is 1.76. The van der Waals surface area contributed by atoms with Crippen molar-refractivity contribution >= 4 is 27.0 Å². The van der Waals surface area contributed by atoms with E-state index < -0.39 is 0 Å². The van der Waals surface area contributed by atoms with Gasteiger partial charge in [0.15, 0.2) is 5.82 Å². The molecule has 0 N–H and O–H groups in total. The van der Waals surface area contributed by atoms with E-state index in [1.54, 1.807) is 10.9 Å². The second-order valence-corrected chi connectivity index (χ2v) is 4.04. The Morgan fingerprint density at radius 2 is 2.06 bits per heavy atom.